The molecule has 0 aliphatic heterocycles. The molecule has 18 heavy (non-hydrogen) atoms. The minimum absolute atomic E-state index is 0.0709. The Morgan fingerprint density at radius 3 is 2.94 bits per heavy atom. The molecule has 0 aliphatic carbocycles. The van der Waals surface area contributed by atoms with Gasteiger partial charge >= 0.3 is 0 Å². The van der Waals surface area contributed by atoms with Gasteiger partial charge in [0.2, 0.25) is 0 Å². The molecule has 0 saturated heterocycles. The van der Waals surface area contributed by atoms with E-state index >= 15 is 0 Å². The van der Waals surface area contributed by atoms with Gasteiger partial charge in [-0.2, -0.15) is 5.10 Å². The number of nitrogens with one attached hydrogen (secondary N) is 1. The summed E-state index contributed by atoms with van der Waals surface area (Å²) in [5.41, 5.74) is 0.204. The van der Waals surface area contributed by atoms with Gasteiger partial charge in [-0.3, -0.25) is 14.8 Å². The molecule has 0 radical (unpaired) electrons. The Hall–Kier alpha value is -2.15. The minimum Gasteiger partial charge on any atom is -0.371 e. The molecule has 1 heterocycles. The summed E-state index contributed by atoms with van der Waals surface area (Å²) >= 11 is 5.93. The van der Waals surface area contributed by atoms with Gasteiger partial charge in [0, 0.05) is 13.1 Å². The highest BCUT2D eigenvalue weighted by Gasteiger charge is 2.16. The largest absolute Gasteiger partial charge is 0.371 e. The van der Waals surface area contributed by atoms with Gasteiger partial charge in [-0.15, -0.1) is 0 Å². The summed E-state index contributed by atoms with van der Waals surface area (Å²) in [7, 11) is 1.74. The number of nitrogens with zero attached hydrogens (tertiary/aromatic N) is 4. The number of hydrogen-bond acceptors (Lipinski definition) is 5. The third-order valence-electron chi connectivity index (χ3n) is 2.26. The molecule has 0 aliphatic rings. The number of nitro benzene ring substituents is 1. The van der Waals surface area contributed by atoms with Crippen LogP contribution in [0, 0.1) is 10.1 Å². The van der Waals surface area contributed by atoms with Gasteiger partial charge in [-0.25, -0.2) is 4.98 Å². The van der Waals surface area contributed by atoms with Crippen molar-refractivity contribution in [3.8, 4) is 0 Å². The van der Waals surface area contributed by atoms with Crippen LogP contribution in [-0.4, -0.2) is 19.7 Å². The fraction of sp³-hybridized carbons (Fsp3) is 0.200. The summed E-state index contributed by atoms with van der Waals surface area (Å²) in [4.78, 5) is 14.4. The van der Waals surface area contributed by atoms with Crippen LogP contribution in [0.1, 0.15) is 5.82 Å². The third kappa shape index (κ3) is 2.57. The van der Waals surface area contributed by atoms with Gasteiger partial charge in [-0.1, -0.05) is 17.7 Å². The zero-order valence-corrected chi connectivity index (χ0v) is 10.3. The zero-order valence-electron chi connectivity index (χ0n) is 9.50. The standard InChI is InChI=1S/C10H10ClN5O2/c1-15-6-13-9(14-15)5-12-10-7(11)3-2-4-8(10)16(17)18/h2-4,6,12H,5H2,1H3. The monoisotopic (exact) mass is 267 g/mol. The summed E-state index contributed by atoms with van der Waals surface area (Å²) in [5.74, 6) is 0.534. The normalized spacial score (nSPS) is 10.3. The van der Waals surface area contributed by atoms with Crippen LogP contribution in [0.2, 0.25) is 5.02 Å². The maximum atomic E-state index is 10.9. The third-order valence-corrected chi connectivity index (χ3v) is 2.57. The van der Waals surface area contributed by atoms with E-state index in [2.05, 4.69) is 15.4 Å². The molecule has 0 bridgehead atoms. The molecule has 7 nitrogen and oxygen atoms in total. The molecule has 0 saturated carbocycles. The molecule has 2 rings (SSSR count). The summed E-state index contributed by atoms with van der Waals surface area (Å²) in [6.45, 7) is 0.269. The van der Waals surface area contributed by atoms with Gasteiger partial charge in [0.25, 0.3) is 5.69 Å². The van der Waals surface area contributed by atoms with E-state index in [0.29, 0.717) is 10.8 Å². The first-order chi connectivity index (χ1) is 8.58. The van der Waals surface area contributed by atoms with E-state index in [9.17, 15) is 10.1 Å². The quantitative estimate of drug-likeness (QED) is 0.676. The highest BCUT2D eigenvalue weighted by atomic mass is 35.5. The van der Waals surface area contributed by atoms with Crippen molar-refractivity contribution in [1.82, 2.24) is 14.8 Å². The van der Waals surface area contributed by atoms with Crippen LogP contribution in [-0.2, 0) is 13.6 Å². The second kappa shape index (κ2) is 5.01. The first-order valence-electron chi connectivity index (χ1n) is 5.09. The lowest BCUT2D eigenvalue weighted by molar-refractivity contribution is -0.383. The lowest BCUT2D eigenvalue weighted by Crippen LogP contribution is -2.05. The minimum atomic E-state index is -0.486. The number of anilines is 1. The first-order valence-corrected chi connectivity index (χ1v) is 5.47. The molecule has 0 spiro atoms. The Bertz CT molecular complexity index is 583. The molecule has 0 fully saturated rings. The van der Waals surface area contributed by atoms with E-state index in [1.54, 1.807) is 24.1 Å². The topological polar surface area (TPSA) is 85.9 Å². The van der Waals surface area contributed by atoms with Gasteiger partial charge < -0.3 is 5.32 Å². The number of hydrogen-bond donors (Lipinski definition) is 1. The Labute approximate surface area is 108 Å². The average molecular weight is 268 g/mol. The number of aryl methyl sites for hydroxylation is 1. The van der Waals surface area contributed by atoms with Crippen molar-refractivity contribution in [2.24, 2.45) is 7.05 Å². The molecule has 2 aromatic rings. The van der Waals surface area contributed by atoms with E-state index < -0.39 is 4.92 Å². The van der Waals surface area contributed by atoms with Gasteiger partial charge in [0.15, 0.2) is 5.82 Å². The Kier molecular flexibility index (Phi) is 3.42. The van der Waals surface area contributed by atoms with E-state index in [4.69, 9.17) is 11.6 Å². The highest BCUT2D eigenvalue weighted by Crippen LogP contribution is 2.31. The van der Waals surface area contributed by atoms with Crippen LogP contribution in [0.5, 0.6) is 0 Å². The van der Waals surface area contributed by atoms with Crippen LogP contribution >= 0.6 is 11.6 Å². The maximum Gasteiger partial charge on any atom is 0.293 e. The predicted octanol–water partition coefficient (Wildman–Crippen LogP) is 1.99. The molecule has 1 aromatic carbocycles. The van der Waals surface area contributed by atoms with Gasteiger partial charge in [0.1, 0.15) is 12.0 Å². The molecule has 8 heteroatoms. The molecule has 1 N–H and O–H groups in total. The fourth-order valence-corrected chi connectivity index (χ4v) is 1.71. The number of para-hydroxylation sites is 1. The number of benzene rings is 1. The second-order valence-corrected chi connectivity index (χ2v) is 3.99. The zero-order chi connectivity index (χ0) is 13.1. The molecular weight excluding hydrogens is 258 g/mol. The van der Waals surface area contributed by atoms with Crippen molar-refractivity contribution < 1.29 is 4.92 Å². The van der Waals surface area contributed by atoms with Crippen molar-refractivity contribution in [1.29, 1.82) is 0 Å². The average Bonchev–Trinajstić information content (AvgIpc) is 2.73. The van der Waals surface area contributed by atoms with Crippen LogP contribution < -0.4 is 5.32 Å². The lowest BCUT2D eigenvalue weighted by atomic mass is 10.2. The lowest BCUT2D eigenvalue weighted by Gasteiger charge is -2.06. The summed E-state index contributed by atoms with van der Waals surface area (Å²) in [6, 6.07) is 4.51. The summed E-state index contributed by atoms with van der Waals surface area (Å²) < 4.78 is 1.55. The highest BCUT2D eigenvalue weighted by molar-refractivity contribution is 6.33. The van der Waals surface area contributed by atoms with Crippen LogP contribution in [0.4, 0.5) is 11.4 Å². The molecule has 0 atom stereocenters. The summed E-state index contributed by atoms with van der Waals surface area (Å²) in [6.07, 6.45) is 1.55. The van der Waals surface area contributed by atoms with E-state index in [-0.39, 0.29) is 17.9 Å². The number of aromatic nitrogens is 3. The van der Waals surface area contributed by atoms with Crippen molar-refractivity contribution >= 4 is 23.0 Å². The first kappa shape index (κ1) is 12.3. The molecule has 0 amide bonds. The Balaban J connectivity index is 2.20. The Morgan fingerprint density at radius 2 is 2.33 bits per heavy atom. The van der Waals surface area contributed by atoms with Crippen LogP contribution in [0.25, 0.3) is 0 Å². The smallest absolute Gasteiger partial charge is 0.293 e. The van der Waals surface area contributed by atoms with Gasteiger partial charge in [-0.05, 0) is 6.07 Å². The summed E-state index contributed by atoms with van der Waals surface area (Å²) in [5, 5.41) is 18.1. The number of nitro groups is 1. The van der Waals surface area contributed by atoms with Crippen molar-refractivity contribution in [3.05, 3.63) is 45.5 Å². The van der Waals surface area contributed by atoms with Gasteiger partial charge in [0.05, 0.1) is 16.5 Å². The second-order valence-electron chi connectivity index (χ2n) is 3.58. The van der Waals surface area contributed by atoms with Crippen molar-refractivity contribution in [2.75, 3.05) is 5.32 Å². The van der Waals surface area contributed by atoms with Crippen LogP contribution in [0.3, 0.4) is 0 Å². The molecule has 1 aromatic heterocycles. The van der Waals surface area contributed by atoms with E-state index in [1.165, 1.54) is 12.1 Å². The number of halogens is 1. The van der Waals surface area contributed by atoms with Crippen molar-refractivity contribution in [2.45, 2.75) is 6.54 Å². The molecule has 0 unspecified atom stereocenters. The van der Waals surface area contributed by atoms with E-state index in [1.807, 2.05) is 0 Å². The van der Waals surface area contributed by atoms with E-state index in [0.717, 1.165) is 0 Å². The SMILES string of the molecule is Cn1cnc(CNc2c(Cl)cccc2[N+](=O)[O-])n1. The van der Waals surface area contributed by atoms with Crippen molar-refractivity contribution in [3.63, 3.8) is 0 Å². The molecule has 94 valence electrons. The predicted molar refractivity (Wildman–Crippen MR) is 66.4 cm³/mol. The fourth-order valence-electron chi connectivity index (χ4n) is 1.47. The molecular formula is C10H10ClN5O2. The maximum absolute atomic E-state index is 10.9. The Morgan fingerprint density at radius 1 is 1.56 bits per heavy atom. The number of rotatable bonds is 4. The van der Waals surface area contributed by atoms with Crippen LogP contribution in [0.15, 0.2) is 24.5 Å².